The van der Waals surface area contributed by atoms with Crippen LogP contribution in [0.5, 0.6) is 11.5 Å². The lowest BCUT2D eigenvalue weighted by Crippen LogP contribution is -2.01. The van der Waals surface area contributed by atoms with Crippen molar-refractivity contribution in [2.24, 2.45) is 4.99 Å². The van der Waals surface area contributed by atoms with E-state index in [2.05, 4.69) is 4.99 Å². The summed E-state index contributed by atoms with van der Waals surface area (Å²) in [4.78, 5) is 15.5. The lowest BCUT2D eigenvalue weighted by atomic mass is 10.0. The van der Waals surface area contributed by atoms with Crippen LogP contribution in [0.4, 0.5) is 4.39 Å². The molecule has 5 heteroatoms. The Morgan fingerprint density at radius 3 is 2.59 bits per heavy atom. The first-order valence-electron chi connectivity index (χ1n) is 6.64. The number of benzene rings is 2. The molecule has 0 spiro atoms. The Balaban J connectivity index is 1.95. The van der Waals surface area contributed by atoms with Crippen LogP contribution in [0, 0.1) is 5.82 Å². The summed E-state index contributed by atoms with van der Waals surface area (Å²) in [6, 6.07) is 10.3. The minimum absolute atomic E-state index is 0.0445. The number of aromatic carboxylic acids is 1. The molecule has 110 valence electrons. The van der Waals surface area contributed by atoms with E-state index in [1.165, 1.54) is 24.3 Å². The van der Waals surface area contributed by atoms with Gasteiger partial charge in [0.05, 0.1) is 6.54 Å². The maximum atomic E-state index is 12.9. The van der Waals surface area contributed by atoms with Gasteiger partial charge in [-0.3, -0.25) is 4.99 Å². The van der Waals surface area contributed by atoms with Crippen molar-refractivity contribution in [1.29, 1.82) is 0 Å². The molecule has 0 fully saturated rings. The lowest BCUT2D eigenvalue weighted by Gasteiger charge is -2.10. The fraction of sp³-hybridized carbons (Fsp3) is 0.0588. The largest absolute Gasteiger partial charge is 0.478 e. The highest BCUT2D eigenvalue weighted by molar-refractivity contribution is 6.12. The van der Waals surface area contributed by atoms with Gasteiger partial charge in [-0.2, -0.15) is 0 Å². The van der Waals surface area contributed by atoms with E-state index in [0.717, 1.165) is 11.1 Å². The van der Waals surface area contributed by atoms with Gasteiger partial charge in [0.25, 0.3) is 0 Å². The Hall–Kier alpha value is -2.95. The number of carboxylic acid groups (broad SMARTS) is 1. The van der Waals surface area contributed by atoms with Crippen molar-refractivity contribution < 1.29 is 19.0 Å². The van der Waals surface area contributed by atoms with Crippen LogP contribution in [0.2, 0.25) is 0 Å². The number of aliphatic imine (C=N–C) groups is 1. The van der Waals surface area contributed by atoms with Crippen LogP contribution in [0.25, 0.3) is 5.57 Å². The van der Waals surface area contributed by atoms with E-state index in [4.69, 9.17) is 4.74 Å². The molecular formula is C17H12FNO3. The first-order chi connectivity index (χ1) is 10.6. The Morgan fingerprint density at radius 1 is 1.18 bits per heavy atom. The molecule has 0 aromatic heterocycles. The van der Waals surface area contributed by atoms with Gasteiger partial charge in [0.15, 0.2) is 0 Å². The van der Waals surface area contributed by atoms with Crippen molar-refractivity contribution in [3.05, 3.63) is 65.5 Å². The van der Waals surface area contributed by atoms with Crippen molar-refractivity contribution in [1.82, 2.24) is 0 Å². The highest BCUT2D eigenvalue weighted by Crippen LogP contribution is 2.29. The van der Waals surface area contributed by atoms with Gasteiger partial charge in [-0.1, -0.05) is 12.1 Å². The van der Waals surface area contributed by atoms with Gasteiger partial charge in [0, 0.05) is 6.21 Å². The summed E-state index contributed by atoms with van der Waals surface area (Å²) >= 11 is 0. The molecule has 0 unspecified atom stereocenters. The molecule has 0 bridgehead atoms. The summed E-state index contributed by atoms with van der Waals surface area (Å²) in [6.07, 6.45) is 3.63. The van der Waals surface area contributed by atoms with Gasteiger partial charge in [0.2, 0.25) is 0 Å². The molecule has 0 aliphatic carbocycles. The number of halogens is 1. The number of hydrogen-bond donors (Lipinski definition) is 1. The van der Waals surface area contributed by atoms with Gasteiger partial charge in [-0.25, -0.2) is 9.18 Å². The van der Waals surface area contributed by atoms with Gasteiger partial charge in [0.1, 0.15) is 22.9 Å². The lowest BCUT2D eigenvalue weighted by molar-refractivity contribution is 0.0694. The first kappa shape index (κ1) is 14.0. The summed E-state index contributed by atoms with van der Waals surface area (Å²) in [5.41, 5.74) is 1.70. The maximum absolute atomic E-state index is 12.9. The number of rotatable bonds is 4. The molecule has 0 radical (unpaired) electrons. The summed E-state index contributed by atoms with van der Waals surface area (Å²) in [6.45, 7) is 0.603. The zero-order valence-electron chi connectivity index (χ0n) is 11.5. The summed E-state index contributed by atoms with van der Waals surface area (Å²) in [5, 5.41) is 9.36. The summed E-state index contributed by atoms with van der Waals surface area (Å²) in [7, 11) is 0. The second-order valence-electron chi connectivity index (χ2n) is 4.73. The van der Waals surface area contributed by atoms with Gasteiger partial charge < -0.3 is 9.84 Å². The third kappa shape index (κ3) is 2.88. The number of carboxylic acids is 1. The van der Waals surface area contributed by atoms with E-state index < -0.39 is 5.97 Å². The van der Waals surface area contributed by atoms with Crippen LogP contribution in [0.15, 0.2) is 53.5 Å². The molecular weight excluding hydrogens is 285 g/mol. The molecule has 1 aliphatic rings. The van der Waals surface area contributed by atoms with Crippen LogP contribution in [0.3, 0.4) is 0 Å². The zero-order chi connectivity index (χ0) is 15.5. The predicted molar refractivity (Wildman–Crippen MR) is 81.2 cm³/mol. The van der Waals surface area contributed by atoms with Crippen LogP contribution in [-0.4, -0.2) is 23.8 Å². The molecule has 3 rings (SSSR count). The third-order valence-electron chi connectivity index (χ3n) is 3.23. The molecule has 22 heavy (non-hydrogen) atoms. The quantitative estimate of drug-likeness (QED) is 0.934. The average Bonchev–Trinajstić information content (AvgIpc) is 3.04. The highest BCUT2D eigenvalue weighted by Gasteiger charge is 2.15. The van der Waals surface area contributed by atoms with E-state index in [1.54, 1.807) is 24.4 Å². The SMILES string of the molecule is O=C(O)c1cc(C2=CCN=C2)ccc1Oc1ccc(F)cc1. The number of carbonyl (C=O) groups is 1. The summed E-state index contributed by atoms with van der Waals surface area (Å²) < 4.78 is 18.4. The molecule has 0 saturated heterocycles. The second kappa shape index (κ2) is 5.81. The van der Waals surface area contributed by atoms with Crippen LogP contribution in [0.1, 0.15) is 15.9 Å². The standard InChI is InChI=1S/C17H12FNO3/c18-13-2-4-14(5-3-13)22-16-6-1-11(9-15(16)17(20)21)12-7-8-19-10-12/h1-7,9-10H,8H2,(H,20,21). The molecule has 1 aliphatic heterocycles. The number of nitrogens with zero attached hydrogens (tertiary/aromatic N) is 1. The van der Waals surface area contributed by atoms with Crippen molar-refractivity contribution in [3.63, 3.8) is 0 Å². The molecule has 0 saturated carbocycles. The van der Waals surface area contributed by atoms with Crippen LogP contribution < -0.4 is 4.74 Å². The fourth-order valence-corrected chi connectivity index (χ4v) is 2.14. The van der Waals surface area contributed by atoms with E-state index in [1.807, 2.05) is 6.08 Å². The van der Waals surface area contributed by atoms with Crippen molar-refractivity contribution in [2.45, 2.75) is 0 Å². The molecule has 0 amide bonds. The zero-order valence-corrected chi connectivity index (χ0v) is 11.5. The van der Waals surface area contributed by atoms with E-state index in [0.29, 0.717) is 12.3 Å². The van der Waals surface area contributed by atoms with Gasteiger partial charge in [-0.05, 0) is 47.5 Å². The first-order valence-corrected chi connectivity index (χ1v) is 6.64. The van der Waals surface area contributed by atoms with E-state index in [9.17, 15) is 14.3 Å². The number of hydrogen-bond acceptors (Lipinski definition) is 3. The maximum Gasteiger partial charge on any atom is 0.339 e. The van der Waals surface area contributed by atoms with Crippen LogP contribution in [-0.2, 0) is 0 Å². The van der Waals surface area contributed by atoms with Crippen molar-refractivity contribution >= 4 is 17.8 Å². The molecule has 1 heterocycles. The minimum atomic E-state index is -1.09. The monoisotopic (exact) mass is 297 g/mol. The number of allylic oxidation sites excluding steroid dienone is 1. The molecule has 2 aromatic rings. The summed E-state index contributed by atoms with van der Waals surface area (Å²) in [5.74, 6) is -0.889. The molecule has 4 nitrogen and oxygen atoms in total. The minimum Gasteiger partial charge on any atom is -0.478 e. The van der Waals surface area contributed by atoms with Crippen molar-refractivity contribution in [2.75, 3.05) is 6.54 Å². The van der Waals surface area contributed by atoms with E-state index in [-0.39, 0.29) is 17.1 Å². The Labute approximate surface area is 126 Å². The molecule has 2 aromatic carbocycles. The van der Waals surface area contributed by atoms with Gasteiger partial charge >= 0.3 is 5.97 Å². The number of ether oxygens (including phenoxy) is 1. The predicted octanol–water partition coefficient (Wildman–Crippen LogP) is 3.78. The topological polar surface area (TPSA) is 58.9 Å². The van der Waals surface area contributed by atoms with Crippen LogP contribution >= 0.6 is 0 Å². The molecule has 1 N–H and O–H groups in total. The fourth-order valence-electron chi connectivity index (χ4n) is 2.14. The Morgan fingerprint density at radius 2 is 1.95 bits per heavy atom. The normalized spacial score (nSPS) is 13.0. The average molecular weight is 297 g/mol. The molecule has 0 atom stereocenters. The van der Waals surface area contributed by atoms with Crippen molar-refractivity contribution in [3.8, 4) is 11.5 Å². The van der Waals surface area contributed by atoms with Gasteiger partial charge in [-0.15, -0.1) is 0 Å². The Bertz CT molecular complexity index is 779. The van der Waals surface area contributed by atoms with E-state index >= 15 is 0 Å². The third-order valence-corrected chi connectivity index (χ3v) is 3.23. The highest BCUT2D eigenvalue weighted by atomic mass is 19.1. The Kier molecular flexibility index (Phi) is 3.70. The second-order valence-corrected chi connectivity index (χ2v) is 4.73. The smallest absolute Gasteiger partial charge is 0.339 e.